The molecular formula is C11H13FOS. The molecule has 0 aliphatic heterocycles. The minimum atomic E-state index is -0.295. The molecular weight excluding hydrogens is 199 g/mol. The average Bonchev–Trinajstić information content (AvgIpc) is 2.15. The van der Waals surface area contributed by atoms with E-state index < -0.39 is 0 Å². The van der Waals surface area contributed by atoms with Crippen molar-refractivity contribution in [1.29, 1.82) is 0 Å². The van der Waals surface area contributed by atoms with Crippen molar-refractivity contribution in [3.8, 4) is 0 Å². The Bertz CT molecular complexity index is 336. The van der Waals surface area contributed by atoms with Crippen molar-refractivity contribution in [3.63, 3.8) is 0 Å². The summed E-state index contributed by atoms with van der Waals surface area (Å²) in [5.41, 5.74) is 0.434. The molecule has 0 saturated heterocycles. The van der Waals surface area contributed by atoms with Crippen LogP contribution in [0.3, 0.4) is 0 Å². The standard InChI is InChI=1S/C11H13FOS/c1-3-6-14-11-5-4-9(8(2)13)7-10(11)12/h4-5,7H,3,6H2,1-2H3. The van der Waals surface area contributed by atoms with Crippen molar-refractivity contribution in [3.05, 3.63) is 29.6 Å². The molecule has 14 heavy (non-hydrogen) atoms. The molecule has 1 rings (SSSR count). The van der Waals surface area contributed by atoms with E-state index in [1.165, 1.54) is 24.8 Å². The summed E-state index contributed by atoms with van der Waals surface area (Å²) in [7, 11) is 0. The highest BCUT2D eigenvalue weighted by Gasteiger charge is 2.05. The fourth-order valence-electron chi connectivity index (χ4n) is 1.05. The van der Waals surface area contributed by atoms with Crippen LogP contribution < -0.4 is 0 Å². The van der Waals surface area contributed by atoms with Crippen LogP contribution in [0.15, 0.2) is 23.1 Å². The number of ketones is 1. The van der Waals surface area contributed by atoms with Crippen molar-refractivity contribution in [2.45, 2.75) is 25.2 Å². The van der Waals surface area contributed by atoms with Crippen LogP contribution in [0.2, 0.25) is 0 Å². The minimum absolute atomic E-state index is 0.101. The fraction of sp³-hybridized carbons (Fsp3) is 0.364. The van der Waals surface area contributed by atoms with Crippen LogP contribution in [0.5, 0.6) is 0 Å². The first-order valence-electron chi connectivity index (χ1n) is 4.58. The van der Waals surface area contributed by atoms with Gasteiger partial charge in [-0.2, -0.15) is 0 Å². The lowest BCUT2D eigenvalue weighted by molar-refractivity contribution is 0.101. The quantitative estimate of drug-likeness (QED) is 0.561. The van der Waals surface area contributed by atoms with Crippen molar-refractivity contribution >= 4 is 17.5 Å². The Morgan fingerprint density at radius 3 is 2.71 bits per heavy atom. The summed E-state index contributed by atoms with van der Waals surface area (Å²) in [6, 6.07) is 4.65. The van der Waals surface area contributed by atoms with Crippen LogP contribution >= 0.6 is 11.8 Å². The number of carbonyl (C=O) groups excluding carboxylic acids is 1. The molecule has 1 aromatic rings. The van der Waals surface area contributed by atoms with E-state index in [0.29, 0.717) is 10.5 Å². The monoisotopic (exact) mass is 212 g/mol. The summed E-state index contributed by atoms with van der Waals surface area (Å²) in [6.07, 6.45) is 1.01. The molecule has 0 aliphatic rings. The van der Waals surface area contributed by atoms with Gasteiger partial charge >= 0.3 is 0 Å². The number of carbonyl (C=O) groups is 1. The summed E-state index contributed by atoms with van der Waals surface area (Å²) in [6.45, 7) is 3.49. The first kappa shape index (κ1) is 11.2. The summed E-state index contributed by atoms with van der Waals surface area (Å²) in [5, 5.41) is 0. The summed E-state index contributed by atoms with van der Waals surface area (Å²) in [4.78, 5) is 11.6. The first-order valence-corrected chi connectivity index (χ1v) is 5.57. The van der Waals surface area contributed by atoms with Gasteiger partial charge in [-0.05, 0) is 31.2 Å². The number of benzene rings is 1. The average molecular weight is 212 g/mol. The van der Waals surface area contributed by atoms with Crippen LogP contribution in [-0.2, 0) is 0 Å². The lowest BCUT2D eigenvalue weighted by atomic mass is 10.1. The highest BCUT2D eigenvalue weighted by molar-refractivity contribution is 7.99. The van der Waals surface area contributed by atoms with Gasteiger partial charge in [0.15, 0.2) is 5.78 Å². The zero-order chi connectivity index (χ0) is 10.6. The smallest absolute Gasteiger partial charge is 0.159 e. The molecule has 0 fully saturated rings. The SMILES string of the molecule is CCCSc1ccc(C(C)=O)cc1F. The van der Waals surface area contributed by atoms with Gasteiger partial charge in [-0.1, -0.05) is 13.0 Å². The number of thioether (sulfide) groups is 1. The number of Topliss-reactive ketones (excluding diaryl/α,β-unsaturated/α-hetero) is 1. The van der Waals surface area contributed by atoms with E-state index >= 15 is 0 Å². The third-order valence-electron chi connectivity index (χ3n) is 1.80. The number of hydrogen-bond donors (Lipinski definition) is 0. The summed E-state index contributed by atoms with van der Waals surface area (Å²) in [5.74, 6) is 0.503. The predicted molar refractivity (Wildman–Crippen MR) is 57.4 cm³/mol. The Balaban J connectivity index is 2.84. The van der Waals surface area contributed by atoms with Gasteiger partial charge in [0.2, 0.25) is 0 Å². The molecule has 3 heteroatoms. The van der Waals surface area contributed by atoms with Gasteiger partial charge in [-0.25, -0.2) is 4.39 Å². The molecule has 0 spiro atoms. The Hall–Kier alpha value is -0.830. The third-order valence-corrected chi connectivity index (χ3v) is 3.05. The predicted octanol–water partition coefficient (Wildman–Crippen LogP) is 3.53. The molecule has 76 valence electrons. The van der Waals surface area contributed by atoms with Gasteiger partial charge < -0.3 is 0 Å². The fourth-order valence-corrected chi connectivity index (χ4v) is 1.83. The number of halogens is 1. The molecule has 0 amide bonds. The molecule has 0 unspecified atom stereocenters. The van der Waals surface area contributed by atoms with Gasteiger partial charge in [0.1, 0.15) is 5.82 Å². The largest absolute Gasteiger partial charge is 0.295 e. The van der Waals surface area contributed by atoms with E-state index in [1.54, 1.807) is 12.1 Å². The van der Waals surface area contributed by atoms with E-state index in [9.17, 15) is 9.18 Å². The van der Waals surface area contributed by atoms with E-state index in [0.717, 1.165) is 12.2 Å². The van der Waals surface area contributed by atoms with Crippen LogP contribution in [0.25, 0.3) is 0 Å². The maximum atomic E-state index is 13.4. The molecule has 0 aliphatic carbocycles. The molecule has 0 aromatic heterocycles. The van der Waals surface area contributed by atoms with Crippen LogP contribution in [0.4, 0.5) is 4.39 Å². The molecule has 0 heterocycles. The van der Waals surface area contributed by atoms with Crippen LogP contribution in [-0.4, -0.2) is 11.5 Å². The van der Waals surface area contributed by atoms with Crippen molar-refractivity contribution < 1.29 is 9.18 Å². The highest BCUT2D eigenvalue weighted by atomic mass is 32.2. The molecule has 0 saturated carbocycles. The Morgan fingerprint density at radius 2 is 2.21 bits per heavy atom. The van der Waals surface area contributed by atoms with E-state index in [-0.39, 0.29) is 11.6 Å². The van der Waals surface area contributed by atoms with Crippen molar-refractivity contribution in [2.24, 2.45) is 0 Å². The Morgan fingerprint density at radius 1 is 1.50 bits per heavy atom. The Kier molecular flexibility index (Phi) is 4.14. The van der Waals surface area contributed by atoms with Crippen molar-refractivity contribution in [1.82, 2.24) is 0 Å². The number of hydrogen-bond acceptors (Lipinski definition) is 2. The first-order chi connectivity index (χ1) is 6.65. The molecule has 0 atom stereocenters. The van der Waals surface area contributed by atoms with E-state index in [1.807, 2.05) is 0 Å². The molecule has 1 nitrogen and oxygen atoms in total. The topological polar surface area (TPSA) is 17.1 Å². The van der Waals surface area contributed by atoms with Crippen LogP contribution in [0, 0.1) is 5.82 Å². The second-order valence-electron chi connectivity index (χ2n) is 3.05. The zero-order valence-corrected chi connectivity index (χ0v) is 9.16. The van der Waals surface area contributed by atoms with Crippen LogP contribution in [0.1, 0.15) is 30.6 Å². The van der Waals surface area contributed by atoms with E-state index in [4.69, 9.17) is 0 Å². The molecule has 0 bridgehead atoms. The molecule has 1 aromatic carbocycles. The zero-order valence-electron chi connectivity index (χ0n) is 8.34. The van der Waals surface area contributed by atoms with Gasteiger partial charge in [0, 0.05) is 10.5 Å². The van der Waals surface area contributed by atoms with Gasteiger partial charge in [0.05, 0.1) is 0 Å². The minimum Gasteiger partial charge on any atom is -0.295 e. The second-order valence-corrected chi connectivity index (χ2v) is 4.19. The Labute approximate surface area is 87.7 Å². The maximum absolute atomic E-state index is 13.4. The second kappa shape index (κ2) is 5.15. The summed E-state index contributed by atoms with van der Waals surface area (Å²) < 4.78 is 13.4. The molecule has 0 radical (unpaired) electrons. The summed E-state index contributed by atoms with van der Waals surface area (Å²) >= 11 is 1.48. The maximum Gasteiger partial charge on any atom is 0.159 e. The lowest BCUT2D eigenvalue weighted by Gasteiger charge is -2.02. The van der Waals surface area contributed by atoms with Gasteiger partial charge in [-0.15, -0.1) is 11.8 Å². The van der Waals surface area contributed by atoms with E-state index in [2.05, 4.69) is 6.92 Å². The highest BCUT2D eigenvalue weighted by Crippen LogP contribution is 2.23. The normalized spacial score (nSPS) is 10.2. The molecule has 0 N–H and O–H groups in total. The number of rotatable bonds is 4. The van der Waals surface area contributed by atoms with Crippen molar-refractivity contribution in [2.75, 3.05) is 5.75 Å². The lowest BCUT2D eigenvalue weighted by Crippen LogP contribution is -1.93. The third kappa shape index (κ3) is 2.84. The van der Waals surface area contributed by atoms with Gasteiger partial charge in [-0.3, -0.25) is 4.79 Å². The van der Waals surface area contributed by atoms with Gasteiger partial charge in [0.25, 0.3) is 0 Å².